The molecule has 2 aliphatic rings. The maximum absolute atomic E-state index is 11.1. The van der Waals surface area contributed by atoms with E-state index >= 15 is 0 Å². The first-order valence-electron chi connectivity index (χ1n) is 8.02. The van der Waals surface area contributed by atoms with Gasteiger partial charge in [-0.15, -0.1) is 0 Å². The Morgan fingerprint density at radius 2 is 1.89 bits per heavy atom. The van der Waals surface area contributed by atoms with Crippen LogP contribution < -0.4 is 0 Å². The van der Waals surface area contributed by atoms with Crippen LogP contribution in [0.5, 0.6) is 0 Å². The average molecular weight is 267 g/mol. The Kier molecular flexibility index (Phi) is 5.26. The molecule has 2 atom stereocenters. The van der Waals surface area contributed by atoms with Crippen molar-refractivity contribution in [3.8, 4) is 0 Å². The second-order valence-corrected chi connectivity index (χ2v) is 6.93. The minimum atomic E-state index is -0.662. The van der Waals surface area contributed by atoms with E-state index in [1.807, 2.05) is 0 Å². The van der Waals surface area contributed by atoms with E-state index in [2.05, 4.69) is 18.7 Å². The van der Waals surface area contributed by atoms with E-state index in [1.165, 1.54) is 44.9 Å². The van der Waals surface area contributed by atoms with Gasteiger partial charge in [-0.1, -0.05) is 26.7 Å². The molecule has 2 unspecified atom stereocenters. The highest BCUT2D eigenvalue weighted by Gasteiger charge is 2.31. The highest BCUT2D eigenvalue weighted by atomic mass is 16.4. The van der Waals surface area contributed by atoms with Gasteiger partial charge in [0.05, 0.1) is 6.54 Å². The first-order valence-corrected chi connectivity index (χ1v) is 8.02. The molecule has 110 valence electrons. The summed E-state index contributed by atoms with van der Waals surface area (Å²) in [7, 11) is 0. The van der Waals surface area contributed by atoms with Crippen LogP contribution >= 0.6 is 0 Å². The predicted octanol–water partition coefficient (Wildman–Crippen LogP) is 3.39. The Bertz CT molecular complexity index is 299. The summed E-state index contributed by atoms with van der Waals surface area (Å²) in [6.07, 6.45) is 8.89. The molecule has 0 aromatic carbocycles. The van der Waals surface area contributed by atoms with E-state index in [9.17, 15) is 4.79 Å². The highest BCUT2D eigenvalue weighted by Crippen LogP contribution is 2.34. The second kappa shape index (κ2) is 6.74. The lowest BCUT2D eigenvalue weighted by Gasteiger charge is -2.30. The van der Waals surface area contributed by atoms with Crippen LogP contribution in [0, 0.1) is 17.8 Å². The smallest absolute Gasteiger partial charge is 0.317 e. The molecular weight excluding hydrogens is 238 g/mol. The SMILES string of the molecule is CC(C)C1CCCC(N(CC(=O)O)CC2CC2)CC1. The number of carboxylic acid groups (broad SMARTS) is 1. The number of rotatable bonds is 6. The van der Waals surface area contributed by atoms with Crippen molar-refractivity contribution in [1.82, 2.24) is 4.90 Å². The van der Waals surface area contributed by atoms with Crippen LogP contribution in [0.4, 0.5) is 0 Å². The fourth-order valence-electron chi connectivity index (χ4n) is 3.49. The van der Waals surface area contributed by atoms with Crippen LogP contribution in [0.25, 0.3) is 0 Å². The third-order valence-electron chi connectivity index (χ3n) is 4.97. The molecule has 2 aliphatic carbocycles. The van der Waals surface area contributed by atoms with Crippen molar-refractivity contribution in [2.45, 2.75) is 64.8 Å². The molecule has 0 radical (unpaired) electrons. The largest absolute Gasteiger partial charge is 0.480 e. The number of hydrogen-bond donors (Lipinski definition) is 1. The van der Waals surface area contributed by atoms with Gasteiger partial charge in [0, 0.05) is 12.6 Å². The molecule has 3 heteroatoms. The first kappa shape index (κ1) is 14.8. The van der Waals surface area contributed by atoms with Gasteiger partial charge in [-0.2, -0.15) is 0 Å². The first-order chi connectivity index (χ1) is 9.06. The highest BCUT2D eigenvalue weighted by molar-refractivity contribution is 5.69. The summed E-state index contributed by atoms with van der Waals surface area (Å²) in [6.45, 7) is 5.91. The number of carbonyl (C=O) groups is 1. The van der Waals surface area contributed by atoms with Crippen molar-refractivity contribution in [2.24, 2.45) is 17.8 Å². The van der Waals surface area contributed by atoms with Crippen molar-refractivity contribution in [2.75, 3.05) is 13.1 Å². The van der Waals surface area contributed by atoms with Gasteiger partial charge in [-0.05, 0) is 49.9 Å². The zero-order valence-electron chi connectivity index (χ0n) is 12.5. The van der Waals surface area contributed by atoms with E-state index in [4.69, 9.17) is 5.11 Å². The topological polar surface area (TPSA) is 40.5 Å². The zero-order chi connectivity index (χ0) is 13.8. The summed E-state index contributed by atoms with van der Waals surface area (Å²) in [5.41, 5.74) is 0. The van der Waals surface area contributed by atoms with Gasteiger partial charge < -0.3 is 5.11 Å². The van der Waals surface area contributed by atoms with Crippen LogP contribution in [0.3, 0.4) is 0 Å². The third-order valence-corrected chi connectivity index (χ3v) is 4.97. The summed E-state index contributed by atoms with van der Waals surface area (Å²) in [4.78, 5) is 13.3. The van der Waals surface area contributed by atoms with Gasteiger partial charge in [-0.25, -0.2) is 0 Å². The Morgan fingerprint density at radius 3 is 2.47 bits per heavy atom. The normalized spacial score (nSPS) is 28.6. The van der Waals surface area contributed by atoms with Crippen molar-refractivity contribution < 1.29 is 9.90 Å². The molecule has 0 saturated heterocycles. The lowest BCUT2D eigenvalue weighted by molar-refractivity contribution is -0.139. The van der Waals surface area contributed by atoms with Crippen molar-refractivity contribution in [3.05, 3.63) is 0 Å². The van der Waals surface area contributed by atoms with Crippen molar-refractivity contribution in [3.63, 3.8) is 0 Å². The van der Waals surface area contributed by atoms with Crippen LogP contribution in [0.1, 0.15) is 58.8 Å². The van der Waals surface area contributed by atoms with E-state index < -0.39 is 5.97 Å². The lowest BCUT2D eigenvalue weighted by Crippen LogP contribution is -2.40. The molecule has 0 aromatic rings. The maximum atomic E-state index is 11.1. The standard InChI is InChI=1S/C16H29NO2/c1-12(2)14-4-3-5-15(9-8-14)17(11-16(18)19)10-13-6-7-13/h12-15H,3-11H2,1-2H3,(H,18,19). The average Bonchev–Trinajstić information content (AvgIpc) is 3.12. The summed E-state index contributed by atoms with van der Waals surface area (Å²) in [6, 6.07) is 0.514. The van der Waals surface area contributed by atoms with Crippen molar-refractivity contribution in [1.29, 1.82) is 0 Å². The maximum Gasteiger partial charge on any atom is 0.317 e. The van der Waals surface area contributed by atoms with E-state index in [0.717, 1.165) is 24.3 Å². The van der Waals surface area contributed by atoms with E-state index in [-0.39, 0.29) is 6.54 Å². The quantitative estimate of drug-likeness (QED) is 0.750. The molecule has 0 spiro atoms. The molecule has 1 N–H and O–H groups in total. The second-order valence-electron chi connectivity index (χ2n) is 6.93. The molecule has 0 heterocycles. The van der Waals surface area contributed by atoms with Gasteiger partial charge >= 0.3 is 5.97 Å². The molecule has 0 bridgehead atoms. The van der Waals surface area contributed by atoms with E-state index in [0.29, 0.717) is 6.04 Å². The zero-order valence-corrected chi connectivity index (χ0v) is 12.5. The molecule has 3 nitrogen and oxygen atoms in total. The summed E-state index contributed by atoms with van der Waals surface area (Å²) < 4.78 is 0. The molecule has 0 aromatic heterocycles. The lowest BCUT2D eigenvalue weighted by atomic mass is 9.89. The third kappa shape index (κ3) is 4.79. The molecule has 0 amide bonds. The number of carboxylic acids is 1. The Morgan fingerprint density at radius 1 is 1.16 bits per heavy atom. The minimum absolute atomic E-state index is 0.244. The summed E-state index contributed by atoms with van der Waals surface area (Å²) >= 11 is 0. The van der Waals surface area contributed by atoms with Crippen LogP contribution in [-0.2, 0) is 4.79 Å². The van der Waals surface area contributed by atoms with E-state index in [1.54, 1.807) is 0 Å². The Balaban J connectivity index is 1.90. The van der Waals surface area contributed by atoms with Crippen molar-refractivity contribution >= 4 is 5.97 Å². The molecule has 0 aliphatic heterocycles. The van der Waals surface area contributed by atoms with Crippen LogP contribution in [-0.4, -0.2) is 35.1 Å². The molecule has 2 fully saturated rings. The Labute approximate surface area is 117 Å². The van der Waals surface area contributed by atoms with Crippen LogP contribution in [0.2, 0.25) is 0 Å². The van der Waals surface area contributed by atoms with Gasteiger partial charge in [0.25, 0.3) is 0 Å². The van der Waals surface area contributed by atoms with Crippen LogP contribution in [0.15, 0.2) is 0 Å². The number of nitrogens with zero attached hydrogens (tertiary/aromatic N) is 1. The fraction of sp³-hybridized carbons (Fsp3) is 0.938. The summed E-state index contributed by atoms with van der Waals surface area (Å²) in [5, 5.41) is 9.12. The number of hydrogen-bond acceptors (Lipinski definition) is 2. The van der Waals surface area contributed by atoms with Gasteiger partial charge in [0.1, 0.15) is 0 Å². The minimum Gasteiger partial charge on any atom is -0.480 e. The predicted molar refractivity (Wildman–Crippen MR) is 77.1 cm³/mol. The fourth-order valence-corrected chi connectivity index (χ4v) is 3.49. The van der Waals surface area contributed by atoms with Gasteiger partial charge in [0.15, 0.2) is 0 Å². The molecule has 2 rings (SSSR count). The molecule has 19 heavy (non-hydrogen) atoms. The monoisotopic (exact) mass is 267 g/mol. The van der Waals surface area contributed by atoms with Gasteiger partial charge in [-0.3, -0.25) is 9.69 Å². The Hall–Kier alpha value is -0.570. The summed E-state index contributed by atoms with van der Waals surface area (Å²) in [5.74, 6) is 1.74. The molecular formula is C16H29NO2. The van der Waals surface area contributed by atoms with Gasteiger partial charge in [0.2, 0.25) is 0 Å². The molecule has 2 saturated carbocycles. The number of aliphatic carboxylic acids is 1.